The Bertz CT molecular complexity index is 218. The van der Waals surface area contributed by atoms with E-state index in [1.54, 1.807) is 0 Å². The molecular formula is C15H30O5. The first kappa shape index (κ1) is 19.4. The van der Waals surface area contributed by atoms with Gasteiger partial charge in [-0.2, -0.15) is 0 Å². The van der Waals surface area contributed by atoms with E-state index in [9.17, 15) is 4.79 Å². The summed E-state index contributed by atoms with van der Waals surface area (Å²) >= 11 is 0. The van der Waals surface area contributed by atoms with Gasteiger partial charge in [-0.05, 0) is 18.8 Å². The topological polar surface area (TPSA) is 54.0 Å². The fourth-order valence-corrected chi connectivity index (χ4v) is 1.37. The van der Waals surface area contributed by atoms with Crippen molar-refractivity contribution < 1.29 is 23.7 Å². The lowest BCUT2D eigenvalue weighted by Gasteiger charge is -2.08. The number of ether oxygens (including phenoxy) is 4. The minimum absolute atomic E-state index is 0.144. The maximum atomic E-state index is 11.2. The lowest BCUT2D eigenvalue weighted by Crippen LogP contribution is -2.12. The number of carbonyl (C=O) groups excluding carboxylic acids is 1. The maximum absolute atomic E-state index is 11.2. The lowest BCUT2D eigenvalue weighted by atomic mass is 10.2. The molecule has 0 heterocycles. The van der Waals surface area contributed by atoms with Gasteiger partial charge in [0.25, 0.3) is 0 Å². The third-order valence-corrected chi connectivity index (χ3v) is 2.33. The van der Waals surface area contributed by atoms with Crippen molar-refractivity contribution in [1.29, 1.82) is 0 Å². The van der Waals surface area contributed by atoms with Gasteiger partial charge < -0.3 is 18.9 Å². The summed E-state index contributed by atoms with van der Waals surface area (Å²) in [6.45, 7) is 10.4. The highest BCUT2D eigenvalue weighted by Gasteiger charge is 2.01. The number of hydrogen-bond acceptors (Lipinski definition) is 5. The summed E-state index contributed by atoms with van der Waals surface area (Å²) in [5.41, 5.74) is 0. The molecule has 0 aliphatic carbocycles. The van der Waals surface area contributed by atoms with Crippen LogP contribution in [-0.4, -0.2) is 52.2 Å². The fourth-order valence-electron chi connectivity index (χ4n) is 1.37. The summed E-state index contributed by atoms with van der Waals surface area (Å²) in [4.78, 5) is 11.2. The van der Waals surface area contributed by atoms with Gasteiger partial charge in [0.05, 0.1) is 33.0 Å². The number of hydrogen-bond donors (Lipinski definition) is 0. The van der Waals surface area contributed by atoms with Crippen LogP contribution in [-0.2, 0) is 23.7 Å². The van der Waals surface area contributed by atoms with Gasteiger partial charge in [0.2, 0.25) is 0 Å². The summed E-state index contributed by atoms with van der Waals surface area (Å²) in [5, 5.41) is 0. The smallest absolute Gasteiger partial charge is 0.305 e. The minimum atomic E-state index is -0.144. The van der Waals surface area contributed by atoms with Gasteiger partial charge in [-0.25, -0.2) is 0 Å². The van der Waals surface area contributed by atoms with E-state index in [0.29, 0.717) is 58.4 Å². The third kappa shape index (κ3) is 15.4. The zero-order chi connectivity index (χ0) is 15.1. The van der Waals surface area contributed by atoms with Crippen molar-refractivity contribution in [3.8, 4) is 0 Å². The first-order valence-electron chi connectivity index (χ1n) is 7.55. The summed E-state index contributed by atoms with van der Waals surface area (Å²) in [7, 11) is 0. The SMILES string of the molecule is CCCOC(=O)CCCOCCOCCOCC(C)C. The molecule has 0 unspecified atom stereocenters. The van der Waals surface area contributed by atoms with Crippen molar-refractivity contribution in [2.45, 2.75) is 40.0 Å². The average Bonchev–Trinajstić information content (AvgIpc) is 2.42. The average molecular weight is 290 g/mol. The van der Waals surface area contributed by atoms with Crippen LogP contribution in [0, 0.1) is 5.92 Å². The molecule has 20 heavy (non-hydrogen) atoms. The Labute approximate surface area is 122 Å². The Kier molecular flexibility index (Phi) is 14.3. The van der Waals surface area contributed by atoms with Crippen LogP contribution in [0.3, 0.4) is 0 Å². The second-order valence-electron chi connectivity index (χ2n) is 5.02. The molecule has 0 radical (unpaired) electrons. The van der Waals surface area contributed by atoms with Crippen LogP contribution in [0.1, 0.15) is 40.0 Å². The molecular weight excluding hydrogens is 260 g/mol. The zero-order valence-electron chi connectivity index (χ0n) is 13.2. The van der Waals surface area contributed by atoms with E-state index in [2.05, 4.69) is 13.8 Å². The third-order valence-electron chi connectivity index (χ3n) is 2.33. The van der Waals surface area contributed by atoms with Crippen LogP contribution in [0.5, 0.6) is 0 Å². The second kappa shape index (κ2) is 14.8. The molecule has 0 aliphatic rings. The first-order valence-corrected chi connectivity index (χ1v) is 7.55. The largest absolute Gasteiger partial charge is 0.466 e. The molecule has 5 nitrogen and oxygen atoms in total. The fraction of sp³-hybridized carbons (Fsp3) is 0.933. The molecule has 5 heteroatoms. The summed E-state index contributed by atoms with van der Waals surface area (Å²) < 4.78 is 21.1. The molecule has 0 rings (SSSR count). The van der Waals surface area contributed by atoms with Gasteiger partial charge >= 0.3 is 5.97 Å². The van der Waals surface area contributed by atoms with Crippen molar-refractivity contribution in [3.63, 3.8) is 0 Å². The van der Waals surface area contributed by atoms with Crippen LogP contribution in [0.2, 0.25) is 0 Å². The van der Waals surface area contributed by atoms with E-state index < -0.39 is 0 Å². The predicted octanol–water partition coefficient (Wildman–Crippen LogP) is 2.43. The van der Waals surface area contributed by atoms with E-state index in [1.807, 2.05) is 6.92 Å². The van der Waals surface area contributed by atoms with E-state index in [0.717, 1.165) is 13.0 Å². The van der Waals surface area contributed by atoms with Crippen LogP contribution in [0.15, 0.2) is 0 Å². The van der Waals surface area contributed by atoms with Crippen LogP contribution < -0.4 is 0 Å². The summed E-state index contributed by atoms with van der Waals surface area (Å²) in [5.74, 6) is 0.413. The number of carbonyl (C=O) groups is 1. The maximum Gasteiger partial charge on any atom is 0.305 e. The number of rotatable bonds is 14. The molecule has 0 spiro atoms. The van der Waals surface area contributed by atoms with E-state index in [4.69, 9.17) is 18.9 Å². The molecule has 0 atom stereocenters. The molecule has 0 saturated heterocycles. The van der Waals surface area contributed by atoms with Crippen molar-refractivity contribution in [3.05, 3.63) is 0 Å². The molecule has 0 aromatic heterocycles. The lowest BCUT2D eigenvalue weighted by molar-refractivity contribution is -0.144. The summed E-state index contributed by atoms with van der Waals surface area (Å²) in [6.07, 6.45) is 1.98. The van der Waals surface area contributed by atoms with Gasteiger partial charge in [-0.1, -0.05) is 20.8 Å². The van der Waals surface area contributed by atoms with Crippen LogP contribution in [0.25, 0.3) is 0 Å². The Morgan fingerprint density at radius 3 is 2.10 bits per heavy atom. The molecule has 0 aliphatic heterocycles. The van der Waals surface area contributed by atoms with Crippen molar-refractivity contribution in [1.82, 2.24) is 0 Å². The normalized spacial score (nSPS) is 11.0. The summed E-state index contributed by atoms with van der Waals surface area (Å²) in [6, 6.07) is 0. The van der Waals surface area contributed by atoms with Crippen molar-refractivity contribution in [2.24, 2.45) is 5.92 Å². The Balaban J connectivity index is 3.08. The molecule has 0 saturated carbocycles. The van der Waals surface area contributed by atoms with Gasteiger partial charge in [0, 0.05) is 19.6 Å². The van der Waals surface area contributed by atoms with Crippen LogP contribution in [0.4, 0.5) is 0 Å². The molecule has 0 aromatic rings. The quantitative estimate of drug-likeness (QED) is 0.363. The van der Waals surface area contributed by atoms with Crippen molar-refractivity contribution in [2.75, 3.05) is 46.2 Å². The number of esters is 1. The van der Waals surface area contributed by atoms with Crippen LogP contribution >= 0.6 is 0 Å². The molecule has 0 bridgehead atoms. The van der Waals surface area contributed by atoms with Gasteiger partial charge in [0.1, 0.15) is 0 Å². The highest BCUT2D eigenvalue weighted by molar-refractivity contribution is 5.69. The molecule has 120 valence electrons. The Morgan fingerprint density at radius 2 is 1.50 bits per heavy atom. The molecule has 0 aromatic carbocycles. The van der Waals surface area contributed by atoms with Gasteiger partial charge in [-0.3, -0.25) is 4.79 Å². The standard InChI is InChI=1S/C15H30O5/c1-4-7-20-15(16)6-5-8-17-9-10-18-11-12-19-13-14(2)3/h14H,4-13H2,1-3H3. The molecule has 0 amide bonds. The second-order valence-corrected chi connectivity index (χ2v) is 5.02. The minimum Gasteiger partial charge on any atom is -0.466 e. The predicted molar refractivity (Wildman–Crippen MR) is 77.8 cm³/mol. The van der Waals surface area contributed by atoms with Crippen molar-refractivity contribution >= 4 is 5.97 Å². The highest BCUT2D eigenvalue weighted by atomic mass is 16.5. The molecule has 0 N–H and O–H groups in total. The monoisotopic (exact) mass is 290 g/mol. The zero-order valence-corrected chi connectivity index (χ0v) is 13.2. The first-order chi connectivity index (χ1) is 9.66. The van der Waals surface area contributed by atoms with E-state index in [-0.39, 0.29) is 5.97 Å². The van der Waals surface area contributed by atoms with Gasteiger partial charge in [-0.15, -0.1) is 0 Å². The molecule has 0 fully saturated rings. The van der Waals surface area contributed by atoms with E-state index >= 15 is 0 Å². The van der Waals surface area contributed by atoms with E-state index in [1.165, 1.54) is 0 Å². The Morgan fingerprint density at radius 1 is 0.900 bits per heavy atom. The Hall–Kier alpha value is -0.650. The highest BCUT2D eigenvalue weighted by Crippen LogP contribution is 1.95. The van der Waals surface area contributed by atoms with Gasteiger partial charge in [0.15, 0.2) is 0 Å².